The fourth-order valence-corrected chi connectivity index (χ4v) is 2.91. The molecule has 86 valence electrons. The summed E-state index contributed by atoms with van der Waals surface area (Å²) in [6.07, 6.45) is 3.49. The number of benzene rings is 1. The van der Waals surface area contributed by atoms with Crippen molar-refractivity contribution in [2.45, 2.75) is 0 Å². The second kappa shape index (κ2) is 4.41. The van der Waals surface area contributed by atoms with Gasteiger partial charge < -0.3 is 0 Å². The molecule has 3 rings (SSSR count). The standard InChI is InChI=1S/C14H7ClN2S/c15-12-3-1-2-10-6-9(4-5-16)11-7-18-8-13(11)17-14(10)12/h1-4,6-8H. The van der Waals surface area contributed by atoms with E-state index in [0.29, 0.717) is 5.02 Å². The van der Waals surface area contributed by atoms with Crippen molar-refractivity contribution in [3.8, 4) is 6.07 Å². The van der Waals surface area contributed by atoms with Crippen LogP contribution in [0.25, 0.3) is 11.6 Å². The van der Waals surface area contributed by atoms with Gasteiger partial charge in [-0.3, -0.25) is 0 Å². The molecule has 0 spiro atoms. The largest absolute Gasteiger partial charge is 0.245 e. The van der Waals surface area contributed by atoms with E-state index in [2.05, 4.69) is 11.1 Å². The quantitative estimate of drug-likeness (QED) is 0.678. The molecule has 1 aromatic heterocycles. The Morgan fingerprint density at radius 3 is 3.06 bits per heavy atom. The summed E-state index contributed by atoms with van der Waals surface area (Å²) < 4.78 is 0. The van der Waals surface area contributed by atoms with E-state index in [0.717, 1.165) is 27.4 Å². The third-order valence-electron chi connectivity index (χ3n) is 2.73. The van der Waals surface area contributed by atoms with Crippen LogP contribution in [0.5, 0.6) is 0 Å². The monoisotopic (exact) mass is 270 g/mol. The first kappa shape index (κ1) is 11.2. The number of fused-ring (bicyclic) bond motifs is 2. The maximum Gasteiger partial charge on any atom is 0.0918 e. The Morgan fingerprint density at radius 2 is 2.22 bits per heavy atom. The van der Waals surface area contributed by atoms with E-state index in [4.69, 9.17) is 16.9 Å². The lowest BCUT2D eigenvalue weighted by Crippen LogP contribution is -2.24. The predicted octanol–water partition coefficient (Wildman–Crippen LogP) is 3.05. The van der Waals surface area contributed by atoms with Crippen molar-refractivity contribution in [1.29, 1.82) is 5.26 Å². The van der Waals surface area contributed by atoms with Crippen molar-refractivity contribution in [2.24, 2.45) is 4.99 Å². The molecule has 0 unspecified atom stereocenters. The Hall–Kier alpha value is -1.89. The lowest BCUT2D eigenvalue weighted by molar-refractivity contribution is 1.32. The van der Waals surface area contributed by atoms with Gasteiger partial charge in [0.1, 0.15) is 0 Å². The molecular weight excluding hydrogens is 264 g/mol. The lowest BCUT2D eigenvalue weighted by atomic mass is 10.1. The zero-order chi connectivity index (χ0) is 12.5. The summed E-state index contributed by atoms with van der Waals surface area (Å²) in [6, 6.07) is 7.73. The van der Waals surface area contributed by atoms with Gasteiger partial charge in [0.15, 0.2) is 0 Å². The van der Waals surface area contributed by atoms with Crippen LogP contribution < -0.4 is 10.6 Å². The van der Waals surface area contributed by atoms with Gasteiger partial charge in [0.05, 0.1) is 22.1 Å². The third kappa shape index (κ3) is 1.76. The average Bonchev–Trinajstić information content (AvgIpc) is 2.75. The highest BCUT2D eigenvalue weighted by molar-refractivity contribution is 7.08. The average molecular weight is 271 g/mol. The topological polar surface area (TPSA) is 36.1 Å². The molecule has 18 heavy (non-hydrogen) atoms. The van der Waals surface area contributed by atoms with Gasteiger partial charge >= 0.3 is 0 Å². The molecule has 0 fully saturated rings. The lowest BCUT2D eigenvalue weighted by Gasteiger charge is -1.96. The van der Waals surface area contributed by atoms with Crippen molar-refractivity contribution in [3.63, 3.8) is 0 Å². The van der Waals surface area contributed by atoms with Crippen molar-refractivity contribution < 1.29 is 0 Å². The molecular formula is C14H7ClN2S. The Kier molecular flexibility index (Phi) is 2.75. The second-order valence-electron chi connectivity index (χ2n) is 3.83. The molecule has 1 aliphatic rings. The number of thiophene rings is 1. The molecule has 2 nitrogen and oxygen atoms in total. The first-order chi connectivity index (χ1) is 8.79. The third-order valence-corrected chi connectivity index (χ3v) is 3.77. The number of nitrogens with zero attached hydrogens (tertiary/aromatic N) is 2. The van der Waals surface area contributed by atoms with Crippen LogP contribution in [0.3, 0.4) is 0 Å². The second-order valence-corrected chi connectivity index (χ2v) is 4.98. The number of nitriles is 1. The van der Waals surface area contributed by atoms with E-state index in [9.17, 15) is 0 Å². The van der Waals surface area contributed by atoms with Crippen LogP contribution in [0.4, 0.5) is 5.69 Å². The fraction of sp³-hybridized carbons (Fsp3) is 0. The van der Waals surface area contributed by atoms with Crippen LogP contribution in [0.1, 0.15) is 5.56 Å². The number of rotatable bonds is 0. The van der Waals surface area contributed by atoms with Crippen LogP contribution >= 0.6 is 22.9 Å². The summed E-state index contributed by atoms with van der Waals surface area (Å²) in [5, 5.41) is 15.2. The van der Waals surface area contributed by atoms with Crippen molar-refractivity contribution >= 4 is 40.3 Å². The highest BCUT2D eigenvalue weighted by Crippen LogP contribution is 2.31. The number of allylic oxidation sites excluding steroid dienone is 2. The van der Waals surface area contributed by atoms with Crippen LogP contribution in [0, 0.1) is 11.3 Å². The van der Waals surface area contributed by atoms with E-state index >= 15 is 0 Å². The van der Waals surface area contributed by atoms with Crippen molar-refractivity contribution in [2.75, 3.05) is 0 Å². The van der Waals surface area contributed by atoms with Gasteiger partial charge in [-0.2, -0.15) is 5.26 Å². The minimum atomic E-state index is 0.624. The zero-order valence-electron chi connectivity index (χ0n) is 9.22. The molecule has 0 amide bonds. The zero-order valence-corrected chi connectivity index (χ0v) is 10.8. The van der Waals surface area contributed by atoms with Gasteiger partial charge in [0, 0.05) is 27.6 Å². The molecule has 0 N–H and O–H groups in total. The number of hydrogen-bond acceptors (Lipinski definition) is 3. The number of hydrogen-bond donors (Lipinski definition) is 0. The maximum atomic E-state index is 8.88. The van der Waals surface area contributed by atoms with E-state index in [1.165, 1.54) is 6.08 Å². The Morgan fingerprint density at radius 1 is 1.33 bits per heavy atom. The fourth-order valence-electron chi connectivity index (χ4n) is 1.91. The van der Waals surface area contributed by atoms with Crippen LogP contribution in [0.2, 0.25) is 5.02 Å². The molecule has 0 saturated heterocycles. The SMILES string of the molecule is N#CC=C1C=c2cccc(Cl)c2=Nc2cscc21. The van der Waals surface area contributed by atoms with Gasteiger partial charge in [-0.05, 0) is 17.7 Å². The first-order valence-electron chi connectivity index (χ1n) is 5.31. The number of halogens is 1. The van der Waals surface area contributed by atoms with Crippen LogP contribution in [-0.4, -0.2) is 0 Å². The Labute approximate surface area is 113 Å². The molecule has 0 radical (unpaired) electrons. The van der Waals surface area contributed by atoms with E-state index in [1.807, 2.05) is 35.0 Å². The normalized spacial score (nSPS) is 14.8. The van der Waals surface area contributed by atoms with Gasteiger partial charge in [0.25, 0.3) is 0 Å². The predicted molar refractivity (Wildman–Crippen MR) is 74.3 cm³/mol. The first-order valence-corrected chi connectivity index (χ1v) is 6.63. The van der Waals surface area contributed by atoms with Gasteiger partial charge in [0.2, 0.25) is 0 Å². The molecule has 2 heterocycles. The molecule has 2 aromatic rings. The summed E-state index contributed by atoms with van der Waals surface area (Å²) in [5.74, 6) is 0. The van der Waals surface area contributed by atoms with Crippen LogP contribution in [0.15, 0.2) is 40.0 Å². The van der Waals surface area contributed by atoms with Gasteiger partial charge in [-0.25, -0.2) is 4.99 Å². The number of para-hydroxylation sites is 1. The minimum Gasteiger partial charge on any atom is -0.245 e. The molecule has 0 atom stereocenters. The summed E-state index contributed by atoms with van der Waals surface area (Å²) in [7, 11) is 0. The van der Waals surface area contributed by atoms with Crippen LogP contribution in [-0.2, 0) is 0 Å². The van der Waals surface area contributed by atoms with E-state index < -0.39 is 0 Å². The maximum absolute atomic E-state index is 8.88. The highest BCUT2D eigenvalue weighted by Gasteiger charge is 2.10. The summed E-state index contributed by atoms with van der Waals surface area (Å²) in [6.45, 7) is 0. The molecule has 0 saturated carbocycles. The molecule has 0 aliphatic carbocycles. The molecule has 1 aromatic carbocycles. The minimum absolute atomic E-state index is 0.624. The summed E-state index contributed by atoms with van der Waals surface area (Å²) in [5.41, 5.74) is 2.72. The van der Waals surface area contributed by atoms with E-state index in [-0.39, 0.29) is 0 Å². The van der Waals surface area contributed by atoms with Crippen molar-refractivity contribution in [1.82, 2.24) is 0 Å². The smallest absolute Gasteiger partial charge is 0.0918 e. The Bertz CT molecular complexity index is 809. The highest BCUT2D eigenvalue weighted by atomic mass is 35.5. The molecule has 0 bridgehead atoms. The van der Waals surface area contributed by atoms with E-state index in [1.54, 1.807) is 11.3 Å². The van der Waals surface area contributed by atoms with Crippen molar-refractivity contribution in [3.05, 3.63) is 56.2 Å². The van der Waals surface area contributed by atoms with Gasteiger partial charge in [-0.15, -0.1) is 11.3 Å². The molecule has 4 heteroatoms. The summed E-state index contributed by atoms with van der Waals surface area (Å²) >= 11 is 7.75. The molecule has 1 aliphatic heterocycles. The summed E-state index contributed by atoms with van der Waals surface area (Å²) in [4.78, 5) is 4.59. The van der Waals surface area contributed by atoms with Gasteiger partial charge in [-0.1, -0.05) is 23.7 Å². The Balaban J connectivity index is 2.47.